The van der Waals surface area contributed by atoms with Gasteiger partial charge >= 0.3 is 5.97 Å². The summed E-state index contributed by atoms with van der Waals surface area (Å²) in [5, 5.41) is 10.4. The lowest BCUT2D eigenvalue weighted by Gasteiger charge is -2.40. The number of rotatable bonds is 8. The number of hydrogen-bond donors (Lipinski definition) is 0. The Morgan fingerprint density at radius 3 is 1.94 bits per heavy atom. The van der Waals surface area contributed by atoms with Crippen LogP contribution in [0.15, 0.2) is 103 Å². The number of piperidine rings is 1. The molecule has 1 aliphatic heterocycles. The second-order valence-corrected chi connectivity index (χ2v) is 9.02. The third-order valence-corrected chi connectivity index (χ3v) is 7.07. The first-order valence-electron chi connectivity index (χ1n) is 12.3. The zero-order valence-corrected chi connectivity index (χ0v) is 20.3. The van der Waals surface area contributed by atoms with E-state index in [1.807, 2.05) is 104 Å². The minimum absolute atomic E-state index is 0.127. The number of benzene rings is 3. The van der Waals surface area contributed by atoms with Gasteiger partial charge in [0.15, 0.2) is 0 Å². The zero-order valence-electron chi connectivity index (χ0n) is 20.3. The summed E-state index contributed by atoms with van der Waals surface area (Å²) < 4.78 is 5.51. The molecule has 3 aromatic rings. The fourth-order valence-electron chi connectivity index (χ4n) is 5.06. The van der Waals surface area contributed by atoms with Crippen LogP contribution in [0.25, 0.3) is 0 Å². The lowest BCUT2D eigenvalue weighted by atomic mass is 9.72. The van der Waals surface area contributed by atoms with Gasteiger partial charge in [0.1, 0.15) is 5.41 Å². The minimum Gasteiger partial charge on any atom is -0.465 e. The molecule has 4 heteroatoms. The molecule has 1 aliphatic rings. The number of carbonyl (C=O) groups is 1. The van der Waals surface area contributed by atoms with Crippen molar-refractivity contribution in [3.63, 3.8) is 0 Å². The van der Waals surface area contributed by atoms with Crippen molar-refractivity contribution in [3.8, 4) is 6.07 Å². The largest absolute Gasteiger partial charge is 0.465 e. The van der Waals surface area contributed by atoms with E-state index in [2.05, 4.69) is 17.0 Å². The van der Waals surface area contributed by atoms with Crippen molar-refractivity contribution in [2.75, 3.05) is 26.2 Å². The summed E-state index contributed by atoms with van der Waals surface area (Å²) in [6, 6.07) is 32.5. The molecule has 1 fully saturated rings. The second-order valence-electron chi connectivity index (χ2n) is 9.02. The van der Waals surface area contributed by atoms with Crippen LogP contribution >= 0.6 is 0 Å². The van der Waals surface area contributed by atoms with Crippen molar-refractivity contribution in [1.29, 1.82) is 5.26 Å². The molecule has 1 heterocycles. The highest BCUT2D eigenvalue weighted by molar-refractivity contribution is 5.83. The van der Waals surface area contributed by atoms with Crippen LogP contribution in [0, 0.1) is 11.3 Å². The first-order chi connectivity index (χ1) is 17.1. The van der Waals surface area contributed by atoms with Crippen LogP contribution in [-0.4, -0.2) is 37.1 Å². The molecule has 3 aromatic carbocycles. The highest BCUT2D eigenvalue weighted by Gasteiger charge is 2.44. The summed E-state index contributed by atoms with van der Waals surface area (Å²) in [6.45, 7) is 4.53. The van der Waals surface area contributed by atoms with E-state index in [1.54, 1.807) is 0 Å². The first kappa shape index (κ1) is 24.4. The molecule has 0 N–H and O–H groups in total. The monoisotopic (exact) mass is 464 g/mol. The minimum atomic E-state index is -0.850. The van der Waals surface area contributed by atoms with Gasteiger partial charge in [-0.15, -0.1) is 0 Å². The molecule has 0 atom stereocenters. The fourth-order valence-corrected chi connectivity index (χ4v) is 5.06. The number of allylic oxidation sites excluding steroid dienone is 1. The van der Waals surface area contributed by atoms with E-state index >= 15 is 0 Å². The maximum atomic E-state index is 13.0. The van der Waals surface area contributed by atoms with Crippen molar-refractivity contribution < 1.29 is 9.53 Å². The van der Waals surface area contributed by atoms with Gasteiger partial charge in [-0.25, -0.2) is 0 Å². The third-order valence-electron chi connectivity index (χ3n) is 7.07. The summed E-state index contributed by atoms with van der Waals surface area (Å²) in [5.74, 6) is -0.127. The molecule has 0 saturated carbocycles. The number of ether oxygens (including phenoxy) is 1. The molecule has 35 heavy (non-hydrogen) atoms. The lowest BCUT2D eigenvalue weighted by molar-refractivity contribution is -0.152. The molecule has 1 saturated heterocycles. The maximum Gasteiger partial charge on any atom is 0.316 e. The van der Waals surface area contributed by atoms with Gasteiger partial charge in [-0.05, 0) is 49.5 Å². The Balaban J connectivity index is 1.52. The molecule has 0 aliphatic carbocycles. The van der Waals surface area contributed by atoms with E-state index in [-0.39, 0.29) is 5.97 Å². The van der Waals surface area contributed by atoms with E-state index in [0.717, 1.165) is 36.3 Å². The van der Waals surface area contributed by atoms with E-state index in [1.165, 1.54) is 0 Å². The van der Waals surface area contributed by atoms with Crippen molar-refractivity contribution >= 4 is 5.97 Å². The van der Waals surface area contributed by atoms with Crippen LogP contribution in [0.2, 0.25) is 0 Å². The van der Waals surface area contributed by atoms with Gasteiger partial charge in [0.25, 0.3) is 0 Å². The Labute approximate surface area is 208 Å². The van der Waals surface area contributed by atoms with Gasteiger partial charge in [-0.2, -0.15) is 5.26 Å². The second kappa shape index (κ2) is 11.2. The van der Waals surface area contributed by atoms with Crippen LogP contribution in [-0.2, 0) is 20.4 Å². The Morgan fingerprint density at radius 1 is 0.943 bits per heavy atom. The smallest absolute Gasteiger partial charge is 0.316 e. The number of nitriles is 1. The Kier molecular flexibility index (Phi) is 7.80. The van der Waals surface area contributed by atoms with E-state index in [4.69, 9.17) is 4.74 Å². The predicted octanol–water partition coefficient (Wildman–Crippen LogP) is 5.65. The molecule has 4 nitrogen and oxygen atoms in total. The van der Waals surface area contributed by atoms with Crippen LogP contribution in [0.4, 0.5) is 0 Å². The normalized spacial score (nSPS) is 16.0. The molecule has 0 amide bonds. The Hall–Kier alpha value is -3.68. The van der Waals surface area contributed by atoms with Gasteiger partial charge in [0.05, 0.1) is 18.1 Å². The molecular formula is C31H32N2O2. The van der Waals surface area contributed by atoms with Gasteiger partial charge < -0.3 is 4.74 Å². The van der Waals surface area contributed by atoms with Crippen molar-refractivity contribution in [1.82, 2.24) is 4.90 Å². The highest BCUT2D eigenvalue weighted by Crippen LogP contribution is 2.37. The predicted molar refractivity (Wildman–Crippen MR) is 139 cm³/mol. The molecule has 0 unspecified atom stereocenters. The van der Waals surface area contributed by atoms with Crippen molar-refractivity contribution in [3.05, 3.63) is 120 Å². The maximum absolute atomic E-state index is 13.0. The topological polar surface area (TPSA) is 53.3 Å². The molecule has 0 bridgehead atoms. The van der Waals surface area contributed by atoms with Crippen LogP contribution in [0.5, 0.6) is 0 Å². The Morgan fingerprint density at radius 2 is 1.46 bits per heavy atom. The summed E-state index contributed by atoms with van der Waals surface area (Å²) >= 11 is 0. The Bertz CT molecular complexity index is 1120. The van der Waals surface area contributed by atoms with E-state index in [9.17, 15) is 10.1 Å². The number of nitrogens with zero attached hydrogens (tertiary/aromatic N) is 2. The average molecular weight is 465 g/mol. The quantitative estimate of drug-likeness (QED) is 0.319. The lowest BCUT2D eigenvalue weighted by Crippen LogP contribution is -2.48. The molecule has 0 spiro atoms. The molecule has 178 valence electrons. The van der Waals surface area contributed by atoms with Gasteiger partial charge in [0, 0.05) is 6.54 Å². The number of hydrogen-bond acceptors (Lipinski definition) is 4. The molecular weight excluding hydrogens is 432 g/mol. The highest BCUT2D eigenvalue weighted by atomic mass is 16.5. The summed E-state index contributed by atoms with van der Waals surface area (Å²) in [5.41, 5.74) is 1.49. The van der Waals surface area contributed by atoms with E-state index in [0.29, 0.717) is 19.4 Å². The summed E-state index contributed by atoms with van der Waals surface area (Å²) in [6.07, 6.45) is 5.56. The molecule has 0 aromatic heterocycles. The van der Waals surface area contributed by atoms with Crippen molar-refractivity contribution in [2.24, 2.45) is 0 Å². The van der Waals surface area contributed by atoms with Gasteiger partial charge in [0.2, 0.25) is 0 Å². The van der Waals surface area contributed by atoms with Gasteiger partial charge in [-0.3, -0.25) is 9.69 Å². The average Bonchev–Trinajstić information content (AvgIpc) is 2.93. The number of likely N-dealkylation sites (tertiary alicyclic amines) is 1. The first-order valence-corrected chi connectivity index (χ1v) is 12.3. The molecule has 0 radical (unpaired) electrons. The molecule has 4 rings (SSSR count). The van der Waals surface area contributed by atoms with Crippen LogP contribution in [0.1, 0.15) is 36.5 Å². The summed E-state index contributed by atoms with van der Waals surface area (Å²) in [7, 11) is 0. The third kappa shape index (κ3) is 5.06. The fraction of sp³-hybridized carbons (Fsp3) is 0.290. The van der Waals surface area contributed by atoms with E-state index < -0.39 is 10.8 Å². The van der Waals surface area contributed by atoms with Crippen LogP contribution in [0.3, 0.4) is 0 Å². The standard InChI is InChI=1S/C31H32N2O2/c1-2-35-29(34)30(26-13-6-3-7-14-26)20-23-33(24-21-30)22-12-19-31(25-32,27-15-8-4-9-16-27)28-17-10-5-11-18-28/h3-19H,2,20-24H2,1H3/b19-12+. The zero-order chi connectivity index (χ0) is 24.6. The van der Waals surface area contributed by atoms with Gasteiger partial charge in [-0.1, -0.05) is 103 Å². The summed E-state index contributed by atoms with van der Waals surface area (Å²) in [4.78, 5) is 15.4. The van der Waals surface area contributed by atoms with Crippen molar-refractivity contribution in [2.45, 2.75) is 30.6 Å². The van der Waals surface area contributed by atoms with Crippen LogP contribution < -0.4 is 0 Å². The number of carbonyl (C=O) groups excluding carboxylic acids is 1. The number of esters is 1. The SMILES string of the molecule is CCOC(=O)C1(c2ccccc2)CCN(C/C=C/C(C#N)(c2ccccc2)c2ccccc2)CC1.